The van der Waals surface area contributed by atoms with Crippen LogP contribution in [-0.2, 0) is 23.9 Å². The number of rotatable bonds is 13. The van der Waals surface area contributed by atoms with Crippen LogP contribution in [0.4, 0.5) is 5.69 Å². The molecule has 212 valence electrons. The van der Waals surface area contributed by atoms with Crippen LogP contribution in [0.15, 0.2) is 49.6 Å². The first-order valence-electron chi connectivity index (χ1n) is 13.7. The molecule has 6 atom stereocenters. The Morgan fingerprint density at radius 2 is 1.97 bits per heavy atom. The number of nitrogens with zero attached hydrogens (tertiary/aromatic N) is 2. The molecule has 2 bridgehead atoms. The molecule has 9 heteroatoms. The third-order valence-electron chi connectivity index (χ3n) is 8.60. The van der Waals surface area contributed by atoms with Gasteiger partial charge >= 0.3 is 5.97 Å². The molecule has 4 rings (SSSR count). The predicted octanol–water partition coefficient (Wildman–Crippen LogP) is 3.26. The number of unbranched alkanes of at least 4 members (excludes halogenated alkanes) is 1. The van der Waals surface area contributed by atoms with Gasteiger partial charge in [0.2, 0.25) is 5.91 Å². The molecule has 39 heavy (non-hydrogen) atoms. The number of hydrogen-bond donors (Lipinski definition) is 1. The molecule has 0 aromatic heterocycles. The van der Waals surface area contributed by atoms with Gasteiger partial charge in [0.05, 0.1) is 37.9 Å². The summed E-state index contributed by atoms with van der Waals surface area (Å²) in [4.78, 5) is 45.1. The fraction of sp³-hybridized carbons (Fsp3) is 0.567. The number of methoxy groups -OCH3 is 1. The number of aliphatic hydroxyl groups is 1. The second-order valence-corrected chi connectivity index (χ2v) is 10.6. The number of carbonyl (C=O) groups excluding carboxylic acids is 3. The van der Waals surface area contributed by atoms with Crippen LogP contribution in [0, 0.1) is 11.8 Å². The standard InChI is InChI=1S/C30H40N2O7/c1-6-9-10-18-38-28(36)24-23-26(34)32(20(4)19-33)25(30(23)16-15-29(24,8-3)39-30)27(35)31(17-7-2)21-11-13-22(37-5)14-12-21/h6-7,11-14,20,23-25,33H,1-2,8-10,15-19H2,3-5H3/t20-,23+,24+,25?,29-,30?/m1/s1. The Balaban J connectivity index is 1.76. The van der Waals surface area contributed by atoms with E-state index in [-0.39, 0.29) is 31.6 Å². The molecule has 3 aliphatic heterocycles. The zero-order valence-electron chi connectivity index (χ0n) is 23.1. The van der Waals surface area contributed by atoms with Gasteiger partial charge in [-0.25, -0.2) is 0 Å². The van der Waals surface area contributed by atoms with Crippen LogP contribution in [-0.4, -0.2) is 77.9 Å². The average Bonchev–Trinajstić information content (AvgIpc) is 3.57. The lowest BCUT2D eigenvalue weighted by atomic mass is 9.65. The molecule has 1 spiro atoms. The van der Waals surface area contributed by atoms with Crippen LogP contribution in [0.25, 0.3) is 0 Å². The first kappa shape index (κ1) is 28.8. The van der Waals surface area contributed by atoms with Gasteiger partial charge in [-0.3, -0.25) is 14.4 Å². The number of amides is 2. The Morgan fingerprint density at radius 1 is 1.26 bits per heavy atom. The summed E-state index contributed by atoms with van der Waals surface area (Å²) in [6.45, 7) is 11.3. The van der Waals surface area contributed by atoms with Gasteiger partial charge in [-0.1, -0.05) is 19.1 Å². The van der Waals surface area contributed by atoms with Crippen molar-refractivity contribution < 1.29 is 33.7 Å². The Hall–Kier alpha value is -3.17. The maximum absolute atomic E-state index is 14.5. The maximum atomic E-state index is 14.5. The Morgan fingerprint density at radius 3 is 2.56 bits per heavy atom. The molecule has 2 amide bonds. The zero-order valence-corrected chi connectivity index (χ0v) is 23.1. The number of ether oxygens (including phenoxy) is 3. The largest absolute Gasteiger partial charge is 0.497 e. The molecular formula is C30H40N2O7. The van der Waals surface area contributed by atoms with Crippen LogP contribution < -0.4 is 9.64 Å². The molecule has 0 radical (unpaired) electrons. The van der Waals surface area contributed by atoms with Crippen molar-refractivity contribution in [2.75, 3.05) is 31.8 Å². The van der Waals surface area contributed by atoms with E-state index in [9.17, 15) is 19.5 Å². The summed E-state index contributed by atoms with van der Waals surface area (Å²) in [7, 11) is 1.57. The summed E-state index contributed by atoms with van der Waals surface area (Å²) in [5.74, 6) is -2.22. The van der Waals surface area contributed by atoms with E-state index >= 15 is 0 Å². The van der Waals surface area contributed by atoms with Gasteiger partial charge in [-0.05, 0) is 63.3 Å². The number of hydrogen-bond acceptors (Lipinski definition) is 7. The number of esters is 1. The van der Waals surface area contributed by atoms with E-state index < -0.39 is 41.1 Å². The van der Waals surface area contributed by atoms with Gasteiger partial charge < -0.3 is 29.1 Å². The fourth-order valence-electron chi connectivity index (χ4n) is 6.71. The topological polar surface area (TPSA) is 106 Å². The minimum atomic E-state index is -1.20. The van der Waals surface area contributed by atoms with E-state index in [1.165, 1.54) is 4.90 Å². The lowest BCUT2D eigenvalue weighted by Crippen LogP contribution is -2.58. The number of likely N-dealkylation sites (tertiary alicyclic amines) is 1. The second kappa shape index (κ2) is 11.5. The number of carbonyl (C=O) groups is 3. The van der Waals surface area contributed by atoms with Gasteiger partial charge in [0.15, 0.2) is 0 Å². The summed E-state index contributed by atoms with van der Waals surface area (Å²) in [5.41, 5.74) is -1.48. The summed E-state index contributed by atoms with van der Waals surface area (Å²) in [5, 5.41) is 10.1. The quantitative estimate of drug-likeness (QED) is 0.233. The Kier molecular flexibility index (Phi) is 8.51. The molecule has 1 aromatic carbocycles. The number of aliphatic hydroxyl groups excluding tert-OH is 1. The van der Waals surface area contributed by atoms with Crippen LogP contribution in [0.3, 0.4) is 0 Å². The summed E-state index contributed by atoms with van der Waals surface area (Å²) < 4.78 is 17.7. The molecule has 9 nitrogen and oxygen atoms in total. The summed E-state index contributed by atoms with van der Waals surface area (Å²) in [6.07, 6.45) is 6.23. The molecule has 3 aliphatic rings. The van der Waals surface area contributed by atoms with Crippen LogP contribution in [0.5, 0.6) is 5.75 Å². The molecule has 1 N–H and O–H groups in total. The van der Waals surface area contributed by atoms with Crippen LogP contribution in [0.2, 0.25) is 0 Å². The van der Waals surface area contributed by atoms with Gasteiger partial charge in [0.1, 0.15) is 23.3 Å². The highest BCUT2D eigenvalue weighted by Crippen LogP contribution is 2.64. The zero-order chi connectivity index (χ0) is 28.4. The van der Waals surface area contributed by atoms with Crippen molar-refractivity contribution in [2.45, 2.75) is 69.2 Å². The third kappa shape index (κ3) is 4.65. The fourth-order valence-corrected chi connectivity index (χ4v) is 6.71. The van der Waals surface area contributed by atoms with E-state index in [4.69, 9.17) is 14.2 Å². The maximum Gasteiger partial charge on any atom is 0.312 e. The van der Waals surface area contributed by atoms with Crippen molar-refractivity contribution in [3.8, 4) is 5.75 Å². The molecule has 3 fully saturated rings. The molecular weight excluding hydrogens is 500 g/mol. The molecule has 0 aliphatic carbocycles. The van der Waals surface area contributed by atoms with Gasteiger partial charge in [0, 0.05) is 12.2 Å². The molecule has 0 saturated carbocycles. The van der Waals surface area contributed by atoms with Crippen molar-refractivity contribution in [3.63, 3.8) is 0 Å². The van der Waals surface area contributed by atoms with E-state index in [0.717, 1.165) is 0 Å². The average molecular weight is 541 g/mol. The van der Waals surface area contributed by atoms with Crippen LogP contribution in [0.1, 0.15) is 46.0 Å². The predicted molar refractivity (Wildman–Crippen MR) is 146 cm³/mol. The van der Waals surface area contributed by atoms with Gasteiger partial charge in [0.25, 0.3) is 5.91 Å². The summed E-state index contributed by atoms with van der Waals surface area (Å²) >= 11 is 0. The molecule has 2 unspecified atom stereocenters. The minimum absolute atomic E-state index is 0.200. The first-order valence-corrected chi connectivity index (χ1v) is 13.7. The number of anilines is 1. The van der Waals surface area contributed by atoms with Crippen molar-refractivity contribution >= 4 is 23.5 Å². The molecule has 1 aromatic rings. The Labute approximate surface area is 230 Å². The van der Waals surface area contributed by atoms with Crippen molar-refractivity contribution in [3.05, 3.63) is 49.6 Å². The van der Waals surface area contributed by atoms with E-state index in [1.54, 1.807) is 55.4 Å². The Bertz CT molecular complexity index is 1110. The third-order valence-corrected chi connectivity index (χ3v) is 8.60. The smallest absolute Gasteiger partial charge is 0.312 e. The SMILES string of the molecule is C=CCCCOC(=O)[C@@H]1[C@H]2C(=O)N([C@H](C)CO)C(C(=O)N(CC=C)c3ccc(OC)cc3)C23CC[C@@]1(CC)O3. The van der Waals surface area contributed by atoms with Crippen LogP contribution >= 0.6 is 0 Å². The molecule has 3 saturated heterocycles. The summed E-state index contributed by atoms with van der Waals surface area (Å²) in [6, 6.07) is 5.39. The van der Waals surface area contributed by atoms with Crippen molar-refractivity contribution in [1.29, 1.82) is 0 Å². The second-order valence-electron chi connectivity index (χ2n) is 10.6. The molecule has 3 heterocycles. The number of benzene rings is 1. The normalized spacial score (nSPS) is 29.6. The van der Waals surface area contributed by atoms with E-state index in [0.29, 0.717) is 43.5 Å². The van der Waals surface area contributed by atoms with Gasteiger partial charge in [-0.2, -0.15) is 0 Å². The minimum Gasteiger partial charge on any atom is -0.497 e. The van der Waals surface area contributed by atoms with E-state index in [2.05, 4.69) is 13.2 Å². The highest BCUT2D eigenvalue weighted by Gasteiger charge is 2.79. The highest BCUT2D eigenvalue weighted by atomic mass is 16.6. The van der Waals surface area contributed by atoms with E-state index in [1.807, 2.05) is 6.92 Å². The first-order chi connectivity index (χ1) is 18.7. The number of fused-ring (bicyclic) bond motifs is 1. The van der Waals surface area contributed by atoms with Crippen molar-refractivity contribution in [2.24, 2.45) is 11.8 Å². The highest BCUT2D eigenvalue weighted by molar-refractivity contribution is 6.05. The lowest BCUT2D eigenvalue weighted by Gasteiger charge is -2.38. The van der Waals surface area contributed by atoms with Crippen molar-refractivity contribution in [1.82, 2.24) is 4.90 Å². The lowest BCUT2D eigenvalue weighted by molar-refractivity contribution is -0.162. The van der Waals surface area contributed by atoms with Gasteiger partial charge in [-0.15, -0.1) is 13.2 Å². The number of allylic oxidation sites excluding steroid dienone is 1. The monoisotopic (exact) mass is 540 g/mol.